The lowest BCUT2D eigenvalue weighted by Gasteiger charge is -2.32. The standard InChI is InChI=1S/C23H21F2NO3/c1-28-21-9-7-19(17-4-2-3-5-18(17)21)23(27)26-12-10-16(11-13-26)29-22-8-6-15(24)14-20(22)25/h2-9,14,16H,10-13H2,1H3. The molecule has 0 bridgehead atoms. The first-order chi connectivity index (χ1) is 14.1. The highest BCUT2D eigenvalue weighted by atomic mass is 19.1. The number of halogens is 2. The summed E-state index contributed by atoms with van der Waals surface area (Å²) in [5.41, 5.74) is 0.630. The molecule has 0 unspecified atom stereocenters. The van der Waals surface area contributed by atoms with Crippen LogP contribution in [0.25, 0.3) is 10.8 Å². The monoisotopic (exact) mass is 397 g/mol. The van der Waals surface area contributed by atoms with Crippen LogP contribution >= 0.6 is 0 Å². The number of hydrogen-bond acceptors (Lipinski definition) is 3. The summed E-state index contributed by atoms with van der Waals surface area (Å²) in [6.45, 7) is 1.01. The zero-order valence-electron chi connectivity index (χ0n) is 16.0. The number of carbonyl (C=O) groups excluding carboxylic acids is 1. The summed E-state index contributed by atoms with van der Waals surface area (Å²) in [4.78, 5) is 14.9. The number of methoxy groups -OCH3 is 1. The van der Waals surface area contributed by atoms with Gasteiger partial charge in [0.25, 0.3) is 5.91 Å². The highest BCUT2D eigenvalue weighted by Gasteiger charge is 2.26. The maximum absolute atomic E-state index is 13.8. The van der Waals surface area contributed by atoms with E-state index in [0.717, 1.165) is 22.6 Å². The second kappa shape index (κ2) is 8.07. The Labute approximate surface area is 167 Å². The number of benzene rings is 3. The lowest BCUT2D eigenvalue weighted by molar-refractivity contribution is 0.0590. The zero-order valence-corrected chi connectivity index (χ0v) is 16.0. The minimum absolute atomic E-state index is 0.0392. The molecule has 0 spiro atoms. The number of amides is 1. The van der Waals surface area contributed by atoms with Gasteiger partial charge >= 0.3 is 0 Å². The molecule has 0 atom stereocenters. The number of carbonyl (C=O) groups is 1. The van der Waals surface area contributed by atoms with Crippen molar-refractivity contribution in [3.8, 4) is 11.5 Å². The van der Waals surface area contributed by atoms with Crippen LogP contribution in [0.3, 0.4) is 0 Å². The quantitative estimate of drug-likeness (QED) is 0.634. The first-order valence-corrected chi connectivity index (χ1v) is 9.53. The third-order valence-corrected chi connectivity index (χ3v) is 5.25. The molecule has 1 aliphatic heterocycles. The maximum atomic E-state index is 13.8. The van der Waals surface area contributed by atoms with Crippen molar-refractivity contribution < 1.29 is 23.0 Å². The minimum Gasteiger partial charge on any atom is -0.496 e. The van der Waals surface area contributed by atoms with Gasteiger partial charge in [-0.15, -0.1) is 0 Å². The van der Waals surface area contributed by atoms with Gasteiger partial charge in [0.2, 0.25) is 0 Å². The summed E-state index contributed by atoms with van der Waals surface area (Å²) in [5.74, 6) is -0.631. The van der Waals surface area contributed by atoms with Crippen molar-refractivity contribution in [2.75, 3.05) is 20.2 Å². The third-order valence-electron chi connectivity index (χ3n) is 5.25. The van der Waals surface area contributed by atoms with E-state index in [1.807, 2.05) is 30.3 Å². The van der Waals surface area contributed by atoms with E-state index in [9.17, 15) is 13.6 Å². The average molecular weight is 397 g/mol. The Morgan fingerprint density at radius 1 is 0.966 bits per heavy atom. The van der Waals surface area contributed by atoms with Crippen LogP contribution in [-0.4, -0.2) is 37.1 Å². The van der Waals surface area contributed by atoms with Gasteiger partial charge in [-0.3, -0.25) is 4.79 Å². The van der Waals surface area contributed by atoms with Gasteiger partial charge in [-0.1, -0.05) is 24.3 Å². The van der Waals surface area contributed by atoms with Crippen LogP contribution < -0.4 is 9.47 Å². The summed E-state index contributed by atoms with van der Waals surface area (Å²) in [7, 11) is 1.61. The van der Waals surface area contributed by atoms with E-state index in [1.54, 1.807) is 18.1 Å². The molecule has 6 heteroatoms. The molecule has 1 aliphatic rings. The molecule has 0 aromatic heterocycles. The van der Waals surface area contributed by atoms with Gasteiger partial charge < -0.3 is 14.4 Å². The van der Waals surface area contributed by atoms with Crippen molar-refractivity contribution >= 4 is 16.7 Å². The molecule has 1 amide bonds. The van der Waals surface area contributed by atoms with Crippen molar-refractivity contribution in [2.24, 2.45) is 0 Å². The van der Waals surface area contributed by atoms with Crippen molar-refractivity contribution in [3.63, 3.8) is 0 Å². The minimum atomic E-state index is -0.715. The Morgan fingerprint density at radius 2 is 1.66 bits per heavy atom. The Kier molecular flexibility index (Phi) is 5.34. The molecule has 0 saturated carbocycles. The average Bonchev–Trinajstić information content (AvgIpc) is 2.75. The Morgan fingerprint density at radius 3 is 2.34 bits per heavy atom. The molecule has 0 radical (unpaired) electrons. The molecule has 150 valence electrons. The van der Waals surface area contributed by atoms with Gasteiger partial charge in [0.15, 0.2) is 11.6 Å². The fourth-order valence-electron chi connectivity index (χ4n) is 3.73. The predicted octanol–water partition coefficient (Wildman–Crippen LogP) is 4.81. The molecule has 1 fully saturated rings. The Hall–Kier alpha value is -3.15. The second-order valence-corrected chi connectivity index (χ2v) is 7.05. The number of piperidine rings is 1. The Bertz CT molecular complexity index is 1050. The van der Waals surface area contributed by atoms with Crippen molar-refractivity contribution in [3.05, 3.63) is 71.8 Å². The van der Waals surface area contributed by atoms with Crippen molar-refractivity contribution in [1.82, 2.24) is 4.90 Å². The number of hydrogen-bond donors (Lipinski definition) is 0. The van der Waals surface area contributed by atoms with E-state index >= 15 is 0 Å². The van der Waals surface area contributed by atoms with E-state index in [1.165, 1.54) is 12.1 Å². The van der Waals surface area contributed by atoms with Gasteiger partial charge in [-0.05, 0) is 29.7 Å². The molecular formula is C23H21F2NO3. The molecule has 1 saturated heterocycles. The fourth-order valence-corrected chi connectivity index (χ4v) is 3.73. The fraction of sp³-hybridized carbons (Fsp3) is 0.261. The normalized spacial score (nSPS) is 14.8. The molecule has 1 heterocycles. The highest BCUT2D eigenvalue weighted by molar-refractivity contribution is 6.08. The maximum Gasteiger partial charge on any atom is 0.254 e. The van der Waals surface area contributed by atoms with E-state index in [2.05, 4.69) is 0 Å². The second-order valence-electron chi connectivity index (χ2n) is 7.05. The lowest BCUT2D eigenvalue weighted by Crippen LogP contribution is -2.41. The molecule has 4 rings (SSSR count). The molecule has 0 N–H and O–H groups in total. The van der Waals surface area contributed by atoms with Crippen LogP contribution in [0.1, 0.15) is 23.2 Å². The third kappa shape index (κ3) is 3.88. The zero-order chi connectivity index (χ0) is 20.4. The summed E-state index contributed by atoms with van der Waals surface area (Å²) in [6.07, 6.45) is 0.944. The summed E-state index contributed by atoms with van der Waals surface area (Å²) >= 11 is 0. The number of ether oxygens (including phenoxy) is 2. The Balaban J connectivity index is 1.46. The summed E-state index contributed by atoms with van der Waals surface area (Å²) < 4.78 is 37.9. The summed E-state index contributed by atoms with van der Waals surface area (Å²) in [6, 6.07) is 14.5. The van der Waals surface area contributed by atoms with E-state index in [0.29, 0.717) is 31.5 Å². The summed E-state index contributed by atoms with van der Waals surface area (Å²) in [5, 5.41) is 1.74. The van der Waals surface area contributed by atoms with Gasteiger partial charge in [0.05, 0.1) is 7.11 Å². The number of rotatable bonds is 4. The van der Waals surface area contributed by atoms with Crippen molar-refractivity contribution in [2.45, 2.75) is 18.9 Å². The molecule has 29 heavy (non-hydrogen) atoms. The van der Waals surface area contributed by atoms with Crippen LogP contribution in [0.2, 0.25) is 0 Å². The number of fused-ring (bicyclic) bond motifs is 1. The smallest absolute Gasteiger partial charge is 0.254 e. The first-order valence-electron chi connectivity index (χ1n) is 9.53. The van der Waals surface area contributed by atoms with Gasteiger partial charge in [-0.2, -0.15) is 0 Å². The van der Waals surface area contributed by atoms with Gasteiger partial charge in [-0.25, -0.2) is 8.78 Å². The van der Waals surface area contributed by atoms with Gasteiger partial charge in [0.1, 0.15) is 17.7 Å². The van der Waals surface area contributed by atoms with Gasteiger partial charge in [0, 0.05) is 42.9 Å². The number of likely N-dealkylation sites (tertiary alicyclic amines) is 1. The topological polar surface area (TPSA) is 38.8 Å². The van der Waals surface area contributed by atoms with Crippen LogP contribution in [0.5, 0.6) is 11.5 Å². The molecule has 0 aliphatic carbocycles. The van der Waals surface area contributed by atoms with Crippen LogP contribution in [0.4, 0.5) is 8.78 Å². The first kappa shape index (κ1) is 19.2. The van der Waals surface area contributed by atoms with Crippen LogP contribution in [0.15, 0.2) is 54.6 Å². The van der Waals surface area contributed by atoms with Crippen molar-refractivity contribution in [1.29, 1.82) is 0 Å². The van der Waals surface area contributed by atoms with E-state index in [4.69, 9.17) is 9.47 Å². The van der Waals surface area contributed by atoms with Crippen LogP contribution in [-0.2, 0) is 0 Å². The predicted molar refractivity (Wildman–Crippen MR) is 106 cm³/mol. The largest absolute Gasteiger partial charge is 0.496 e. The molecule has 3 aromatic rings. The number of nitrogens with zero attached hydrogens (tertiary/aromatic N) is 1. The van der Waals surface area contributed by atoms with Crippen LogP contribution in [0, 0.1) is 11.6 Å². The molecular weight excluding hydrogens is 376 g/mol. The lowest BCUT2D eigenvalue weighted by atomic mass is 10.0. The molecule has 4 nitrogen and oxygen atoms in total. The molecule has 3 aromatic carbocycles. The van der Waals surface area contributed by atoms with E-state index in [-0.39, 0.29) is 17.8 Å². The van der Waals surface area contributed by atoms with E-state index < -0.39 is 11.6 Å². The SMILES string of the molecule is COc1ccc(C(=O)N2CCC(Oc3ccc(F)cc3F)CC2)c2ccccc12. The highest BCUT2D eigenvalue weighted by Crippen LogP contribution is 2.30.